The lowest BCUT2D eigenvalue weighted by molar-refractivity contribution is -0.240. The molecular weight excluding hydrogens is 324 g/mol. The molecule has 1 saturated heterocycles. The molecule has 26 heavy (non-hydrogen) atoms. The molecular formula is C23H36O3. The molecule has 1 aromatic rings. The van der Waals surface area contributed by atoms with Crippen molar-refractivity contribution in [3.05, 3.63) is 28.8 Å². The second-order valence-electron chi connectivity index (χ2n) is 10.5. The fourth-order valence-electron chi connectivity index (χ4n) is 4.31. The van der Waals surface area contributed by atoms with Gasteiger partial charge in [-0.25, -0.2) is 0 Å². The van der Waals surface area contributed by atoms with E-state index in [0.717, 1.165) is 29.9 Å². The molecule has 0 aromatic heterocycles. The number of hydrogen-bond acceptors (Lipinski definition) is 3. The number of phenols is 1. The quantitative estimate of drug-likeness (QED) is 0.669. The molecule has 1 spiro atoms. The summed E-state index contributed by atoms with van der Waals surface area (Å²) in [6.07, 6.45) is 6.03. The van der Waals surface area contributed by atoms with Crippen LogP contribution in [0.2, 0.25) is 0 Å². The van der Waals surface area contributed by atoms with E-state index in [0.29, 0.717) is 5.75 Å². The van der Waals surface area contributed by atoms with E-state index >= 15 is 0 Å². The van der Waals surface area contributed by atoms with Crippen LogP contribution in [-0.4, -0.2) is 18.3 Å². The molecule has 1 heterocycles. The van der Waals surface area contributed by atoms with E-state index in [1.54, 1.807) is 0 Å². The summed E-state index contributed by atoms with van der Waals surface area (Å²) in [6, 6.07) is 4.15. The van der Waals surface area contributed by atoms with Crippen molar-refractivity contribution < 1.29 is 14.6 Å². The topological polar surface area (TPSA) is 38.7 Å². The Kier molecular flexibility index (Phi) is 5.18. The zero-order valence-electron chi connectivity index (χ0n) is 17.4. The fraction of sp³-hybridized carbons (Fsp3) is 0.739. The van der Waals surface area contributed by atoms with Crippen LogP contribution in [0.3, 0.4) is 0 Å². The van der Waals surface area contributed by atoms with E-state index in [4.69, 9.17) is 9.47 Å². The minimum Gasteiger partial charge on any atom is -0.507 e. The number of benzene rings is 1. The first-order valence-electron chi connectivity index (χ1n) is 10.1. The summed E-state index contributed by atoms with van der Waals surface area (Å²) in [7, 11) is 0. The zero-order valence-corrected chi connectivity index (χ0v) is 17.4. The number of hydrogen-bond donors (Lipinski definition) is 1. The third-order valence-electron chi connectivity index (χ3n) is 6.02. The number of phenolic OH excluding ortho intramolecular Hbond substituents is 1. The van der Waals surface area contributed by atoms with Gasteiger partial charge in [-0.3, -0.25) is 0 Å². The number of ether oxygens (including phenoxy) is 2. The molecule has 146 valence electrons. The highest BCUT2D eigenvalue weighted by Crippen LogP contribution is 2.45. The summed E-state index contributed by atoms with van der Waals surface area (Å²) in [5.41, 5.74) is 2.91. The van der Waals surface area contributed by atoms with Crippen molar-refractivity contribution in [1.29, 1.82) is 0 Å². The maximum atomic E-state index is 10.9. The first kappa shape index (κ1) is 19.7. The van der Waals surface area contributed by atoms with E-state index in [9.17, 15) is 5.11 Å². The molecule has 3 nitrogen and oxygen atoms in total. The second kappa shape index (κ2) is 6.83. The highest BCUT2D eigenvalue weighted by atomic mass is 16.7. The number of rotatable bonds is 1. The Bertz CT molecular complexity index is 597. The normalized spacial score (nSPS) is 21.9. The van der Waals surface area contributed by atoms with Crippen LogP contribution in [0.25, 0.3) is 0 Å². The standard InChI is InChI=1S/C23H36O3/c1-21(2,3)17-12-16(13-18(19(17)24)22(4,5)6)20-25-14-23(15-26-20)10-8-7-9-11-23/h12-13,20,24H,7-11,14-15H2,1-6H3. The van der Waals surface area contributed by atoms with Gasteiger partial charge in [0.25, 0.3) is 0 Å². The minimum absolute atomic E-state index is 0.140. The summed E-state index contributed by atoms with van der Waals surface area (Å²) >= 11 is 0. The molecule has 3 rings (SSSR count). The lowest BCUT2D eigenvalue weighted by Gasteiger charge is -2.42. The van der Waals surface area contributed by atoms with Crippen molar-refractivity contribution in [2.24, 2.45) is 5.41 Å². The van der Waals surface area contributed by atoms with Gasteiger partial charge >= 0.3 is 0 Å². The van der Waals surface area contributed by atoms with Crippen LogP contribution < -0.4 is 0 Å². The van der Waals surface area contributed by atoms with Gasteiger partial charge in [0.2, 0.25) is 0 Å². The Morgan fingerprint density at radius 3 is 1.73 bits per heavy atom. The van der Waals surface area contributed by atoms with Gasteiger partial charge in [0.15, 0.2) is 6.29 Å². The lowest BCUT2D eigenvalue weighted by atomic mass is 9.75. The van der Waals surface area contributed by atoms with Crippen molar-refractivity contribution in [2.45, 2.75) is 90.8 Å². The molecule has 0 radical (unpaired) electrons. The molecule has 1 aliphatic carbocycles. The van der Waals surface area contributed by atoms with E-state index < -0.39 is 0 Å². The highest BCUT2D eigenvalue weighted by Gasteiger charge is 2.39. The Labute approximate surface area is 159 Å². The van der Waals surface area contributed by atoms with E-state index in [1.807, 2.05) is 0 Å². The molecule has 2 fully saturated rings. The van der Waals surface area contributed by atoms with Gasteiger partial charge in [-0.05, 0) is 46.9 Å². The summed E-state index contributed by atoms with van der Waals surface area (Å²) < 4.78 is 12.5. The molecule has 0 unspecified atom stereocenters. The molecule has 3 heteroatoms. The third-order valence-corrected chi connectivity index (χ3v) is 6.02. The fourth-order valence-corrected chi connectivity index (χ4v) is 4.31. The van der Waals surface area contributed by atoms with Crippen LogP contribution >= 0.6 is 0 Å². The Hall–Kier alpha value is -1.06. The predicted molar refractivity (Wildman–Crippen MR) is 106 cm³/mol. The monoisotopic (exact) mass is 360 g/mol. The van der Waals surface area contributed by atoms with Crippen LogP contribution in [-0.2, 0) is 20.3 Å². The Balaban J connectivity index is 1.90. The van der Waals surface area contributed by atoms with Gasteiger partial charge < -0.3 is 14.6 Å². The maximum absolute atomic E-state index is 10.9. The molecule has 1 aliphatic heterocycles. The molecule has 0 atom stereocenters. The van der Waals surface area contributed by atoms with Crippen LogP contribution in [0.1, 0.15) is 96.6 Å². The average Bonchev–Trinajstić information content (AvgIpc) is 2.54. The SMILES string of the molecule is CC(C)(C)c1cc(C2OCC3(CCCCC3)CO2)cc(C(C)(C)C)c1O. The first-order valence-corrected chi connectivity index (χ1v) is 10.1. The lowest BCUT2D eigenvalue weighted by Crippen LogP contribution is -2.40. The van der Waals surface area contributed by atoms with Gasteiger partial charge in [0, 0.05) is 11.0 Å². The van der Waals surface area contributed by atoms with E-state index in [-0.39, 0.29) is 22.5 Å². The Morgan fingerprint density at radius 2 is 1.31 bits per heavy atom. The molecule has 1 saturated carbocycles. The van der Waals surface area contributed by atoms with Crippen molar-refractivity contribution in [3.8, 4) is 5.75 Å². The van der Waals surface area contributed by atoms with Crippen molar-refractivity contribution in [2.75, 3.05) is 13.2 Å². The summed E-state index contributed by atoms with van der Waals surface area (Å²) in [6.45, 7) is 14.4. The van der Waals surface area contributed by atoms with Gasteiger partial charge in [0.1, 0.15) is 5.75 Å². The van der Waals surface area contributed by atoms with Gasteiger partial charge in [-0.15, -0.1) is 0 Å². The summed E-state index contributed by atoms with van der Waals surface area (Å²) in [4.78, 5) is 0. The van der Waals surface area contributed by atoms with E-state index in [1.165, 1.54) is 32.1 Å². The predicted octanol–water partition coefficient (Wildman–Crippen LogP) is 5.98. The molecule has 1 aromatic carbocycles. The maximum Gasteiger partial charge on any atom is 0.183 e. The first-order chi connectivity index (χ1) is 12.0. The molecule has 1 N–H and O–H groups in total. The van der Waals surface area contributed by atoms with Gasteiger partial charge in [-0.2, -0.15) is 0 Å². The molecule has 0 amide bonds. The van der Waals surface area contributed by atoms with Gasteiger partial charge in [-0.1, -0.05) is 60.8 Å². The van der Waals surface area contributed by atoms with Crippen molar-refractivity contribution in [3.63, 3.8) is 0 Å². The summed E-state index contributed by atoms with van der Waals surface area (Å²) in [5.74, 6) is 0.410. The highest BCUT2D eigenvalue weighted by molar-refractivity contribution is 5.50. The Morgan fingerprint density at radius 1 is 0.846 bits per heavy atom. The molecule has 2 aliphatic rings. The minimum atomic E-state index is -0.328. The smallest absolute Gasteiger partial charge is 0.183 e. The summed E-state index contributed by atoms with van der Waals surface area (Å²) in [5, 5.41) is 10.9. The average molecular weight is 361 g/mol. The van der Waals surface area contributed by atoms with Crippen LogP contribution in [0, 0.1) is 5.41 Å². The van der Waals surface area contributed by atoms with Crippen LogP contribution in [0.15, 0.2) is 12.1 Å². The largest absolute Gasteiger partial charge is 0.507 e. The second-order valence-corrected chi connectivity index (χ2v) is 10.5. The molecule has 0 bridgehead atoms. The van der Waals surface area contributed by atoms with Crippen molar-refractivity contribution in [1.82, 2.24) is 0 Å². The van der Waals surface area contributed by atoms with Crippen molar-refractivity contribution >= 4 is 0 Å². The van der Waals surface area contributed by atoms with Gasteiger partial charge in [0.05, 0.1) is 13.2 Å². The third kappa shape index (κ3) is 3.94. The number of aromatic hydroxyl groups is 1. The van der Waals surface area contributed by atoms with E-state index in [2.05, 4.69) is 53.7 Å². The van der Waals surface area contributed by atoms with Crippen LogP contribution in [0.4, 0.5) is 0 Å². The zero-order chi connectivity index (χ0) is 19.2. The van der Waals surface area contributed by atoms with Crippen LogP contribution in [0.5, 0.6) is 5.75 Å².